The zero-order valence-electron chi connectivity index (χ0n) is 13.4. The second-order valence-electron chi connectivity index (χ2n) is 4.66. The molecule has 0 aliphatic heterocycles. The molecule has 134 valence electrons. The van der Waals surface area contributed by atoms with Gasteiger partial charge in [0.05, 0.1) is 6.20 Å². The average Bonchev–Trinajstić information content (AvgIpc) is 2.93. The molecule has 0 fully saturated rings. The molecule has 1 aromatic rings. The van der Waals surface area contributed by atoms with Crippen molar-refractivity contribution in [1.82, 2.24) is 25.1 Å². The van der Waals surface area contributed by atoms with Gasteiger partial charge in [0.25, 0.3) is 5.91 Å². The van der Waals surface area contributed by atoms with E-state index in [4.69, 9.17) is 4.74 Å². The van der Waals surface area contributed by atoms with Gasteiger partial charge in [-0.1, -0.05) is 0 Å². The van der Waals surface area contributed by atoms with E-state index in [1.807, 2.05) is 10.0 Å². The number of carbonyl (C=O) groups excluding carboxylic acids is 3. The summed E-state index contributed by atoms with van der Waals surface area (Å²) in [6, 6.07) is -0.720. The molecule has 1 rings (SSSR count). The lowest BCUT2D eigenvalue weighted by Gasteiger charge is -2.13. The van der Waals surface area contributed by atoms with E-state index in [1.54, 1.807) is 14.0 Å². The van der Waals surface area contributed by atoms with E-state index in [-0.39, 0.29) is 4.90 Å². The van der Waals surface area contributed by atoms with Gasteiger partial charge in [0, 0.05) is 19.8 Å². The predicted octanol–water partition coefficient (Wildman–Crippen LogP) is -1.52. The van der Waals surface area contributed by atoms with Crippen molar-refractivity contribution in [3.63, 3.8) is 0 Å². The van der Waals surface area contributed by atoms with Crippen LogP contribution in [0.3, 0.4) is 0 Å². The van der Waals surface area contributed by atoms with E-state index in [9.17, 15) is 22.8 Å². The minimum Gasteiger partial charge on any atom is -0.452 e. The molecule has 24 heavy (non-hydrogen) atoms. The number of aromatic nitrogens is 2. The lowest BCUT2D eigenvalue weighted by Crippen LogP contribution is -2.45. The smallest absolute Gasteiger partial charge is 0.321 e. The number of hydrogen-bond donors (Lipinski definition) is 3. The highest BCUT2D eigenvalue weighted by Gasteiger charge is 2.22. The highest BCUT2D eigenvalue weighted by atomic mass is 32.2. The molecule has 0 radical (unpaired) electrons. The number of nitrogens with zero attached hydrogens (tertiary/aromatic N) is 2. The fraction of sp³-hybridized carbons (Fsp3) is 0.500. The monoisotopic (exact) mass is 361 g/mol. The van der Waals surface area contributed by atoms with Crippen LogP contribution >= 0.6 is 0 Å². The van der Waals surface area contributed by atoms with Crippen LogP contribution in [-0.4, -0.2) is 55.3 Å². The molecule has 1 atom stereocenters. The van der Waals surface area contributed by atoms with E-state index in [0.29, 0.717) is 6.54 Å². The highest BCUT2D eigenvalue weighted by molar-refractivity contribution is 7.89. The van der Waals surface area contributed by atoms with Crippen LogP contribution in [0.25, 0.3) is 0 Å². The third-order valence-corrected chi connectivity index (χ3v) is 4.01. The number of esters is 1. The number of nitrogens with one attached hydrogen (secondary N) is 3. The Balaban J connectivity index is 2.48. The van der Waals surface area contributed by atoms with Crippen LogP contribution < -0.4 is 15.4 Å². The summed E-state index contributed by atoms with van der Waals surface area (Å²) in [5, 5.41) is 8.02. The van der Waals surface area contributed by atoms with Crippen molar-refractivity contribution in [2.75, 3.05) is 13.1 Å². The van der Waals surface area contributed by atoms with Gasteiger partial charge in [-0.05, 0) is 13.8 Å². The van der Waals surface area contributed by atoms with Gasteiger partial charge in [-0.2, -0.15) is 9.82 Å². The lowest BCUT2D eigenvalue weighted by atomic mass is 10.4. The standard InChI is InChI=1S/C12H19N5O6S/c1-4-13-12(20)16-11(19)8(2)23-10(18)6-15-24(21,22)9-5-14-17(3)7-9/h5,7-8,15H,4,6H2,1-3H3,(H2,13,16,19,20). The highest BCUT2D eigenvalue weighted by Crippen LogP contribution is 2.05. The normalized spacial score (nSPS) is 12.3. The van der Waals surface area contributed by atoms with Crippen LogP contribution in [0.1, 0.15) is 13.8 Å². The van der Waals surface area contributed by atoms with Crippen LogP contribution in [0.2, 0.25) is 0 Å². The van der Waals surface area contributed by atoms with Crippen LogP contribution in [0.15, 0.2) is 17.3 Å². The van der Waals surface area contributed by atoms with Crippen LogP contribution in [-0.2, 0) is 31.4 Å². The number of urea groups is 1. The summed E-state index contributed by atoms with van der Waals surface area (Å²) in [6.45, 7) is 2.57. The molecule has 1 aromatic heterocycles. The quantitative estimate of drug-likeness (QED) is 0.499. The maximum absolute atomic E-state index is 11.9. The summed E-state index contributed by atoms with van der Waals surface area (Å²) >= 11 is 0. The summed E-state index contributed by atoms with van der Waals surface area (Å²) < 4.78 is 31.8. The fourth-order valence-electron chi connectivity index (χ4n) is 1.49. The molecular formula is C12H19N5O6S. The second kappa shape index (κ2) is 8.40. The zero-order valence-corrected chi connectivity index (χ0v) is 14.2. The number of imide groups is 1. The van der Waals surface area contributed by atoms with Crippen molar-refractivity contribution in [1.29, 1.82) is 0 Å². The molecule has 1 heterocycles. The third-order valence-electron chi connectivity index (χ3n) is 2.65. The van der Waals surface area contributed by atoms with Gasteiger partial charge in [0.15, 0.2) is 6.10 Å². The van der Waals surface area contributed by atoms with Crippen molar-refractivity contribution in [3.05, 3.63) is 12.4 Å². The molecule has 11 nitrogen and oxygen atoms in total. The van der Waals surface area contributed by atoms with Crippen molar-refractivity contribution >= 4 is 27.9 Å². The zero-order chi connectivity index (χ0) is 18.3. The second-order valence-corrected chi connectivity index (χ2v) is 6.42. The maximum Gasteiger partial charge on any atom is 0.321 e. The molecule has 0 aliphatic rings. The Hall–Kier alpha value is -2.47. The van der Waals surface area contributed by atoms with Crippen molar-refractivity contribution < 1.29 is 27.5 Å². The molecular weight excluding hydrogens is 342 g/mol. The van der Waals surface area contributed by atoms with Crippen LogP contribution in [0.5, 0.6) is 0 Å². The summed E-state index contributed by atoms with van der Waals surface area (Å²) in [7, 11) is -2.37. The molecule has 0 aliphatic carbocycles. The van der Waals surface area contributed by atoms with Crippen molar-refractivity contribution in [3.8, 4) is 0 Å². The molecule has 0 saturated heterocycles. The summed E-state index contributed by atoms with van der Waals surface area (Å²) in [5.74, 6) is -1.80. The maximum atomic E-state index is 11.9. The van der Waals surface area contributed by atoms with Crippen LogP contribution in [0, 0.1) is 0 Å². The first-order valence-corrected chi connectivity index (χ1v) is 8.40. The van der Waals surface area contributed by atoms with Gasteiger partial charge in [-0.15, -0.1) is 0 Å². The van der Waals surface area contributed by atoms with Gasteiger partial charge in [0.1, 0.15) is 11.4 Å². The first kappa shape index (κ1) is 19.6. The summed E-state index contributed by atoms with van der Waals surface area (Å²) in [5.41, 5.74) is 0. The minimum atomic E-state index is -3.92. The average molecular weight is 361 g/mol. The molecule has 0 saturated carbocycles. The SMILES string of the molecule is CCNC(=O)NC(=O)C(C)OC(=O)CNS(=O)(=O)c1cnn(C)c1. The number of rotatable bonds is 7. The number of ether oxygens (including phenoxy) is 1. The summed E-state index contributed by atoms with van der Waals surface area (Å²) in [6.07, 6.45) is 1.12. The van der Waals surface area contributed by atoms with Crippen molar-refractivity contribution in [2.24, 2.45) is 7.05 Å². The van der Waals surface area contributed by atoms with Crippen LogP contribution in [0.4, 0.5) is 4.79 Å². The Morgan fingerprint density at radius 2 is 2.04 bits per heavy atom. The topological polar surface area (TPSA) is 148 Å². The lowest BCUT2D eigenvalue weighted by molar-refractivity contribution is -0.153. The van der Waals surface area contributed by atoms with Gasteiger partial charge in [0.2, 0.25) is 10.0 Å². The Kier molecular flexibility index (Phi) is 6.85. The number of hydrogen-bond acceptors (Lipinski definition) is 7. The Bertz CT molecular complexity index is 713. The molecule has 0 aromatic carbocycles. The molecule has 3 amide bonds. The first-order chi connectivity index (χ1) is 11.2. The van der Waals surface area contributed by atoms with E-state index >= 15 is 0 Å². The first-order valence-electron chi connectivity index (χ1n) is 6.92. The Morgan fingerprint density at radius 3 is 2.58 bits per heavy atom. The molecule has 12 heteroatoms. The third kappa shape index (κ3) is 5.96. The molecule has 1 unspecified atom stereocenters. The minimum absolute atomic E-state index is 0.111. The predicted molar refractivity (Wildman–Crippen MR) is 81.2 cm³/mol. The Morgan fingerprint density at radius 1 is 1.38 bits per heavy atom. The number of amides is 3. The van der Waals surface area contributed by atoms with Gasteiger partial charge in [-0.25, -0.2) is 13.2 Å². The summed E-state index contributed by atoms with van der Waals surface area (Å²) in [4.78, 5) is 34.3. The molecule has 0 spiro atoms. The molecule has 0 bridgehead atoms. The van der Waals surface area contributed by atoms with Gasteiger partial charge in [-0.3, -0.25) is 19.6 Å². The Labute approximate surface area is 138 Å². The van der Waals surface area contributed by atoms with E-state index in [0.717, 1.165) is 6.20 Å². The number of sulfonamides is 1. The van der Waals surface area contributed by atoms with E-state index in [2.05, 4.69) is 10.4 Å². The van der Waals surface area contributed by atoms with E-state index < -0.39 is 40.6 Å². The van der Waals surface area contributed by atoms with Gasteiger partial charge >= 0.3 is 12.0 Å². The fourth-order valence-corrected chi connectivity index (χ4v) is 2.44. The van der Waals surface area contributed by atoms with Crippen molar-refractivity contribution in [2.45, 2.75) is 24.8 Å². The largest absolute Gasteiger partial charge is 0.452 e. The molecule has 3 N–H and O–H groups in total. The number of aryl methyl sites for hydroxylation is 1. The number of carbonyl (C=O) groups is 3. The van der Waals surface area contributed by atoms with Gasteiger partial charge < -0.3 is 10.1 Å². The van der Waals surface area contributed by atoms with E-state index in [1.165, 1.54) is 17.8 Å².